The van der Waals surface area contributed by atoms with Crippen molar-refractivity contribution in [2.24, 2.45) is 17.3 Å². The van der Waals surface area contributed by atoms with E-state index in [-0.39, 0.29) is 51.4 Å². The zero-order chi connectivity index (χ0) is 44.6. The van der Waals surface area contributed by atoms with E-state index in [0.717, 1.165) is 31.4 Å². The second-order valence-corrected chi connectivity index (χ2v) is 36.3. The van der Waals surface area contributed by atoms with Crippen LogP contribution in [0.4, 0.5) is 0 Å². The van der Waals surface area contributed by atoms with Gasteiger partial charge in [-0.15, -0.1) is 0 Å². The number of carboxylic acids is 1. The minimum absolute atomic E-state index is 0.0330. The Balaban J connectivity index is 3.44. The molecule has 1 heterocycles. The van der Waals surface area contributed by atoms with E-state index in [0.29, 0.717) is 6.42 Å². The Labute approximate surface area is 354 Å². The van der Waals surface area contributed by atoms with Gasteiger partial charge in [0.05, 0.1) is 30.4 Å². The Bertz CT molecular complexity index is 1500. The SMILES string of the molecule is CC[C@@H](C(=O)C(C)(C)[C@H](CC(=O)O)O[Si](C)(C)C(C)(C)C)[C@@H](O[Si](C)(C)C(C)(C)C)[C@@H](C)CCC/C(C)=C/C[C@H](O[Si](C)(C)C(C)(C)C)/C(C)=C/c1ccccn1. The first-order valence-electron chi connectivity index (χ1n) is 21.7. The van der Waals surface area contributed by atoms with Gasteiger partial charge in [0, 0.05) is 17.5 Å². The van der Waals surface area contributed by atoms with Crippen LogP contribution in [0.15, 0.2) is 41.6 Å². The maximum atomic E-state index is 14.9. The van der Waals surface area contributed by atoms with Crippen LogP contribution in [0.25, 0.3) is 6.08 Å². The van der Waals surface area contributed by atoms with E-state index >= 15 is 0 Å². The van der Waals surface area contributed by atoms with Crippen molar-refractivity contribution in [3.63, 3.8) is 0 Å². The Morgan fingerprint density at radius 2 is 1.32 bits per heavy atom. The molecular formula is C47H87NO6Si3. The number of pyridine rings is 1. The molecule has 5 atom stereocenters. The second kappa shape index (κ2) is 20.7. The lowest BCUT2D eigenvalue weighted by atomic mass is 9.71. The van der Waals surface area contributed by atoms with Crippen molar-refractivity contribution in [3.8, 4) is 0 Å². The molecule has 1 rings (SSSR count). The van der Waals surface area contributed by atoms with Gasteiger partial charge in [0.25, 0.3) is 0 Å². The smallest absolute Gasteiger partial charge is 0.305 e. The van der Waals surface area contributed by atoms with Crippen molar-refractivity contribution < 1.29 is 28.0 Å². The van der Waals surface area contributed by atoms with Crippen LogP contribution >= 0.6 is 0 Å². The number of Topliss-reactive ketones (excluding diaryl/α,β-unsaturated/α-hetero) is 1. The standard InChI is InChI=1S/C47H87NO6Si3/c1-22-38(43(51)47(14,15)40(33-41(49)50)53-56(18,19)45(8,9)10)42(54-57(20,21)46(11,12)13)35(3)27-25-26-34(2)29-30-39(52-55(16,17)44(5,6)7)36(4)32-37-28-23-24-31-48-37/h23-24,28-29,31-32,35,38-40,42H,22,25-27,30,33H2,1-21H3,(H,49,50)/b34-29+,36-32+/t35-,38+,39-,40-,42-/m0/s1. The van der Waals surface area contributed by atoms with Crippen molar-refractivity contribution in [3.05, 3.63) is 47.3 Å². The Kier molecular flexibility index (Phi) is 19.4. The third-order valence-corrected chi connectivity index (χ3v) is 27.2. The fourth-order valence-corrected chi connectivity index (χ4v) is 10.6. The van der Waals surface area contributed by atoms with E-state index in [2.05, 4.69) is 146 Å². The molecule has 0 amide bonds. The van der Waals surface area contributed by atoms with Crippen LogP contribution in [0.3, 0.4) is 0 Å². The molecule has 328 valence electrons. The lowest BCUT2D eigenvalue weighted by Crippen LogP contribution is -2.54. The normalized spacial score (nSPS) is 17.2. The molecule has 0 saturated carbocycles. The number of aromatic nitrogens is 1. The molecule has 1 N–H and O–H groups in total. The van der Waals surface area contributed by atoms with Crippen LogP contribution in [0.5, 0.6) is 0 Å². The predicted molar refractivity (Wildman–Crippen MR) is 250 cm³/mol. The number of hydrogen-bond donors (Lipinski definition) is 1. The molecule has 1 aromatic heterocycles. The zero-order valence-electron chi connectivity index (χ0n) is 40.5. The number of allylic oxidation sites excluding steroid dienone is 1. The van der Waals surface area contributed by atoms with Gasteiger partial charge in [-0.25, -0.2) is 0 Å². The van der Waals surface area contributed by atoms with Gasteiger partial charge in [-0.1, -0.05) is 108 Å². The van der Waals surface area contributed by atoms with Crippen molar-refractivity contribution in [1.82, 2.24) is 4.98 Å². The summed E-state index contributed by atoms with van der Waals surface area (Å²) >= 11 is 0. The maximum absolute atomic E-state index is 14.9. The van der Waals surface area contributed by atoms with Crippen molar-refractivity contribution in [2.75, 3.05) is 0 Å². The van der Waals surface area contributed by atoms with Gasteiger partial charge in [0.2, 0.25) is 0 Å². The maximum Gasteiger partial charge on any atom is 0.305 e. The van der Waals surface area contributed by atoms with Gasteiger partial charge in [-0.3, -0.25) is 14.6 Å². The highest BCUT2D eigenvalue weighted by Gasteiger charge is 2.50. The first kappa shape index (κ1) is 53.3. The van der Waals surface area contributed by atoms with Crippen LogP contribution in [0, 0.1) is 17.3 Å². The number of hydrogen-bond acceptors (Lipinski definition) is 6. The summed E-state index contributed by atoms with van der Waals surface area (Å²) in [6, 6.07) is 5.99. The number of rotatable bonds is 22. The molecule has 0 unspecified atom stereocenters. The average Bonchev–Trinajstić information content (AvgIpc) is 3.04. The third kappa shape index (κ3) is 15.7. The Morgan fingerprint density at radius 3 is 1.77 bits per heavy atom. The molecule has 0 aliphatic rings. The summed E-state index contributed by atoms with van der Waals surface area (Å²) in [4.78, 5) is 31.7. The summed E-state index contributed by atoms with van der Waals surface area (Å²) in [5, 5.41) is 9.96. The van der Waals surface area contributed by atoms with Crippen LogP contribution in [0.1, 0.15) is 148 Å². The number of nitrogens with zero attached hydrogens (tertiary/aromatic N) is 1. The van der Waals surface area contributed by atoms with E-state index < -0.39 is 42.4 Å². The average molecular weight is 846 g/mol. The number of aliphatic carboxylic acids is 1. The van der Waals surface area contributed by atoms with Gasteiger partial charge in [-0.05, 0) is 130 Å². The van der Waals surface area contributed by atoms with Gasteiger partial charge >= 0.3 is 5.97 Å². The highest BCUT2D eigenvalue weighted by Crippen LogP contribution is 2.45. The van der Waals surface area contributed by atoms with Crippen LogP contribution in [-0.2, 0) is 22.9 Å². The third-order valence-electron chi connectivity index (χ3n) is 13.7. The van der Waals surface area contributed by atoms with Crippen LogP contribution in [0.2, 0.25) is 54.4 Å². The molecule has 0 fully saturated rings. The number of carbonyl (C=O) groups excluding carboxylic acids is 1. The van der Waals surface area contributed by atoms with Crippen LogP contribution in [-0.4, -0.2) is 65.1 Å². The molecule has 0 bridgehead atoms. The summed E-state index contributed by atoms with van der Waals surface area (Å²) in [5.74, 6) is -1.17. The quantitative estimate of drug-likeness (QED) is 0.0917. The first-order chi connectivity index (χ1) is 25.6. The van der Waals surface area contributed by atoms with Gasteiger partial charge in [-0.2, -0.15) is 0 Å². The predicted octanol–water partition coefficient (Wildman–Crippen LogP) is 13.9. The van der Waals surface area contributed by atoms with E-state index in [1.54, 1.807) is 0 Å². The summed E-state index contributed by atoms with van der Waals surface area (Å²) in [5.41, 5.74) is 2.44. The summed E-state index contributed by atoms with van der Waals surface area (Å²) in [6.45, 7) is 45.9. The molecule has 0 aliphatic heterocycles. The molecule has 57 heavy (non-hydrogen) atoms. The largest absolute Gasteiger partial charge is 0.481 e. The van der Waals surface area contributed by atoms with E-state index in [4.69, 9.17) is 13.3 Å². The Morgan fingerprint density at radius 1 is 0.807 bits per heavy atom. The fraction of sp³-hybridized carbons (Fsp3) is 0.766. The second-order valence-electron chi connectivity index (χ2n) is 22.1. The van der Waals surface area contributed by atoms with E-state index in [1.165, 1.54) is 11.1 Å². The summed E-state index contributed by atoms with van der Waals surface area (Å²) in [6.07, 6.45) is 9.33. The lowest BCUT2D eigenvalue weighted by Gasteiger charge is -2.47. The number of carboxylic acid groups (broad SMARTS) is 1. The monoisotopic (exact) mass is 846 g/mol. The molecule has 1 aromatic rings. The minimum Gasteiger partial charge on any atom is -0.481 e. The molecular weight excluding hydrogens is 759 g/mol. The summed E-state index contributed by atoms with van der Waals surface area (Å²) < 4.78 is 21.1. The van der Waals surface area contributed by atoms with Gasteiger partial charge in [0.15, 0.2) is 25.0 Å². The number of ketones is 1. The molecule has 7 nitrogen and oxygen atoms in total. The van der Waals surface area contributed by atoms with Gasteiger partial charge in [0.1, 0.15) is 5.78 Å². The van der Waals surface area contributed by atoms with E-state index in [1.807, 2.05) is 38.2 Å². The van der Waals surface area contributed by atoms with Crippen molar-refractivity contribution >= 4 is 42.8 Å². The summed E-state index contributed by atoms with van der Waals surface area (Å²) in [7, 11) is -6.73. The zero-order valence-corrected chi connectivity index (χ0v) is 43.5. The molecule has 0 aliphatic carbocycles. The molecule has 0 saturated heterocycles. The van der Waals surface area contributed by atoms with Gasteiger partial charge < -0.3 is 18.4 Å². The van der Waals surface area contributed by atoms with Crippen molar-refractivity contribution in [1.29, 1.82) is 0 Å². The first-order valence-corrected chi connectivity index (χ1v) is 30.4. The molecule has 0 radical (unpaired) electrons. The lowest BCUT2D eigenvalue weighted by molar-refractivity contribution is -0.147. The highest BCUT2D eigenvalue weighted by molar-refractivity contribution is 6.75. The Hall–Kier alpha value is -1.70. The fourth-order valence-electron chi connectivity index (χ4n) is 6.37. The molecule has 0 spiro atoms. The molecule has 0 aromatic carbocycles. The van der Waals surface area contributed by atoms with E-state index in [9.17, 15) is 14.7 Å². The minimum atomic E-state index is -2.39. The number of carbonyl (C=O) groups is 2. The molecule has 10 heteroatoms. The topological polar surface area (TPSA) is 95.0 Å². The highest BCUT2D eigenvalue weighted by atomic mass is 28.4. The van der Waals surface area contributed by atoms with Crippen molar-refractivity contribution in [2.45, 2.75) is 215 Å². The van der Waals surface area contributed by atoms with Crippen LogP contribution < -0.4 is 0 Å².